The molecule has 128 valence electrons. The highest BCUT2D eigenvalue weighted by Gasteiger charge is 2.12. The lowest BCUT2D eigenvalue weighted by atomic mass is 9.95. The average Bonchev–Trinajstić information content (AvgIpc) is 3.09. The van der Waals surface area contributed by atoms with Gasteiger partial charge in [0.1, 0.15) is 5.82 Å². The second-order valence-electron chi connectivity index (χ2n) is 6.19. The van der Waals surface area contributed by atoms with Gasteiger partial charge in [-0.25, -0.2) is 4.39 Å². The van der Waals surface area contributed by atoms with Crippen LogP contribution in [0.25, 0.3) is 33.5 Å². The first kappa shape index (κ1) is 16.1. The summed E-state index contributed by atoms with van der Waals surface area (Å²) < 4.78 is 16.5. The van der Waals surface area contributed by atoms with Crippen LogP contribution in [0.5, 0.6) is 0 Å². The van der Waals surface area contributed by atoms with Gasteiger partial charge in [0.2, 0.25) is 0 Å². The molecule has 2 heterocycles. The van der Waals surface area contributed by atoms with E-state index in [1.807, 2.05) is 56.7 Å². The van der Waals surface area contributed by atoms with Gasteiger partial charge >= 0.3 is 0 Å². The van der Waals surface area contributed by atoms with E-state index in [0.29, 0.717) is 11.3 Å². The van der Waals surface area contributed by atoms with Crippen molar-refractivity contribution in [3.8, 4) is 33.5 Å². The number of rotatable bonds is 3. The number of nitrogens with zero attached hydrogens (tertiary/aromatic N) is 4. The van der Waals surface area contributed by atoms with E-state index in [0.717, 1.165) is 27.9 Å². The molecule has 0 fully saturated rings. The monoisotopic (exact) mass is 344 g/mol. The molecule has 0 bridgehead atoms. The number of hydrogen-bond acceptors (Lipinski definition) is 3. The van der Waals surface area contributed by atoms with Crippen LogP contribution in [0.3, 0.4) is 0 Å². The van der Waals surface area contributed by atoms with Gasteiger partial charge in [-0.05, 0) is 35.7 Å². The Morgan fingerprint density at radius 2 is 1.62 bits per heavy atom. The van der Waals surface area contributed by atoms with Crippen molar-refractivity contribution in [1.29, 1.82) is 0 Å². The number of aryl methyl sites for hydroxylation is 2. The van der Waals surface area contributed by atoms with Crippen molar-refractivity contribution in [3.63, 3.8) is 0 Å². The molecule has 0 radical (unpaired) electrons. The van der Waals surface area contributed by atoms with Crippen LogP contribution in [0.15, 0.2) is 67.3 Å². The highest BCUT2D eigenvalue weighted by atomic mass is 19.1. The SMILES string of the molecule is Cc1cnc(-c2ccc(-c3ccccc3-c3cnn(C)c3)cc2F)cn1. The fourth-order valence-corrected chi connectivity index (χ4v) is 2.97. The quantitative estimate of drug-likeness (QED) is 0.543. The highest BCUT2D eigenvalue weighted by molar-refractivity contribution is 5.83. The molecule has 0 amide bonds. The summed E-state index contributed by atoms with van der Waals surface area (Å²) in [6, 6.07) is 13.1. The third-order valence-electron chi connectivity index (χ3n) is 4.28. The number of hydrogen-bond donors (Lipinski definition) is 0. The summed E-state index contributed by atoms with van der Waals surface area (Å²) >= 11 is 0. The van der Waals surface area contributed by atoms with E-state index in [4.69, 9.17) is 0 Å². The smallest absolute Gasteiger partial charge is 0.133 e. The summed E-state index contributed by atoms with van der Waals surface area (Å²) in [7, 11) is 1.88. The van der Waals surface area contributed by atoms with Gasteiger partial charge < -0.3 is 0 Å². The van der Waals surface area contributed by atoms with Gasteiger partial charge in [-0.2, -0.15) is 5.10 Å². The van der Waals surface area contributed by atoms with E-state index in [-0.39, 0.29) is 5.82 Å². The largest absolute Gasteiger partial charge is 0.275 e. The van der Waals surface area contributed by atoms with Crippen LogP contribution in [0.4, 0.5) is 4.39 Å². The van der Waals surface area contributed by atoms with E-state index < -0.39 is 0 Å². The Labute approximate surface area is 151 Å². The molecule has 0 saturated heterocycles. The summed E-state index contributed by atoms with van der Waals surface area (Å²) in [5.41, 5.74) is 5.56. The van der Waals surface area contributed by atoms with E-state index in [2.05, 4.69) is 15.1 Å². The van der Waals surface area contributed by atoms with Gasteiger partial charge in [0.05, 0.1) is 23.8 Å². The molecule has 0 aliphatic rings. The Hall–Kier alpha value is -3.34. The molecule has 4 nitrogen and oxygen atoms in total. The number of aromatic nitrogens is 4. The van der Waals surface area contributed by atoms with Crippen molar-refractivity contribution in [1.82, 2.24) is 19.7 Å². The molecule has 2 aromatic heterocycles. The summed E-state index contributed by atoms with van der Waals surface area (Å²) in [6.07, 6.45) is 6.99. The topological polar surface area (TPSA) is 43.6 Å². The van der Waals surface area contributed by atoms with E-state index in [9.17, 15) is 4.39 Å². The lowest BCUT2D eigenvalue weighted by molar-refractivity contribution is 0.631. The Bertz CT molecular complexity index is 1070. The van der Waals surface area contributed by atoms with Crippen molar-refractivity contribution in [2.75, 3.05) is 0 Å². The molecule has 0 spiro atoms. The molecule has 4 rings (SSSR count). The van der Waals surface area contributed by atoms with Crippen LogP contribution in [-0.4, -0.2) is 19.7 Å². The first-order valence-corrected chi connectivity index (χ1v) is 8.29. The molecule has 5 heteroatoms. The molecule has 4 aromatic rings. The Kier molecular flexibility index (Phi) is 4.05. The van der Waals surface area contributed by atoms with Crippen molar-refractivity contribution in [2.45, 2.75) is 6.92 Å². The zero-order valence-corrected chi connectivity index (χ0v) is 14.5. The van der Waals surface area contributed by atoms with Crippen LogP contribution >= 0.6 is 0 Å². The number of halogens is 1. The third-order valence-corrected chi connectivity index (χ3v) is 4.28. The predicted octanol–water partition coefficient (Wildman–Crippen LogP) is 4.66. The Balaban J connectivity index is 1.78. The minimum Gasteiger partial charge on any atom is -0.275 e. The fraction of sp³-hybridized carbons (Fsp3) is 0.0952. The first-order valence-electron chi connectivity index (χ1n) is 8.29. The molecule has 0 saturated carbocycles. The summed E-state index contributed by atoms with van der Waals surface area (Å²) in [5, 5.41) is 4.23. The molecule has 0 unspecified atom stereocenters. The maximum Gasteiger partial charge on any atom is 0.133 e. The van der Waals surface area contributed by atoms with Gasteiger partial charge in [-0.1, -0.05) is 30.3 Å². The van der Waals surface area contributed by atoms with Gasteiger partial charge in [0, 0.05) is 30.6 Å². The van der Waals surface area contributed by atoms with Crippen LogP contribution in [0.2, 0.25) is 0 Å². The highest BCUT2D eigenvalue weighted by Crippen LogP contribution is 2.33. The minimum absolute atomic E-state index is 0.318. The zero-order valence-electron chi connectivity index (χ0n) is 14.5. The van der Waals surface area contributed by atoms with Crippen LogP contribution in [0, 0.1) is 12.7 Å². The van der Waals surface area contributed by atoms with Crippen molar-refractivity contribution >= 4 is 0 Å². The maximum absolute atomic E-state index is 14.8. The molecule has 0 aliphatic carbocycles. The summed E-state index contributed by atoms with van der Waals surface area (Å²) in [4.78, 5) is 8.46. The zero-order chi connectivity index (χ0) is 18.1. The molecule has 2 aromatic carbocycles. The second kappa shape index (κ2) is 6.52. The molecule has 0 atom stereocenters. The Morgan fingerprint density at radius 1 is 0.846 bits per heavy atom. The minimum atomic E-state index is -0.318. The van der Waals surface area contributed by atoms with Crippen LogP contribution < -0.4 is 0 Å². The van der Waals surface area contributed by atoms with E-state index in [1.54, 1.807) is 29.2 Å². The first-order chi connectivity index (χ1) is 12.6. The average molecular weight is 344 g/mol. The van der Waals surface area contributed by atoms with Gasteiger partial charge in [0.15, 0.2) is 0 Å². The lowest BCUT2D eigenvalue weighted by Crippen LogP contribution is -1.92. The maximum atomic E-state index is 14.8. The molecular weight excluding hydrogens is 327 g/mol. The van der Waals surface area contributed by atoms with Gasteiger partial charge in [0.25, 0.3) is 0 Å². The van der Waals surface area contributed by atoms with Crippen LogP contribution in [0.1, 0.15) is 5.69 Å². The molecule has 26 heavy (non-hydrogen) atoms. The normalized spacial score (nSPS) is 10.9. The predicted molar refractivity (Wildman–Crippen MR) is 99.8 cm³/mol. The summed E-state index contributed by atoms with van der Waals surface area (Å²) in [5.74, 6) is -0.318. The van der Waals surface area contributed by atoms with Crippen LogP contribution in [-0.2, 0) is 7.05 Å². The van der Waals surface area contributed by atoms with E-state index in [1.165, 1.54) is 0 Å². The van der Waals surface area contributed by atoms with Crippen molar-refractivity contribution < 1.29 is 4.39 Å². The van der Waals surface area contributed by atoms with Gasteiger partial charge in [-0.3, -0.25) is 14.6 Å². The van der Waals surface area contributed by atoms with Gasteiger partial charge in [-0.15, -0.1) is 0 Å². The number of benzene rings is 2. The Morgan fingerprint density at radius 3 is 2.23 bits per heavy atom. The second-order valence-corrected chi connectivity index (χ2v) is 6.19. The van der Waals surface area contributed by atoms with E-state index >= 15 is 0 Å². The van der Waals surface area contributed by atoms with Crippen molar-refractivity contribution in [3.05, 3.63) is 78.8 Å². The molecule has 0 aliphatic heterocycles. The molecular formula is C21H17FN4. The molecule has 0 N–H and O–H groups in total. The standard InChI is InChI=1S/C21H17FN4/c1-14-10-24-21(12-23-14)19-8-7-15(9-20(19)22)17-5-3-4-6-18(17)16-11-25-26(2)13-16/h3-13H,1-2H3. The lowest BCUT2D eigenvalue weighted by Gasteiger charge is -2.10. The summed E-state index contributed by atoms with van der Waals surface area (Å²) in [6.45, 7) is 1.85. The fourth-order valence-electron chi connectivity index (χ4n) is 2.97. The van der Waals surface area contributed by atoms with Crippen molar-refractivity contribution in [2.24, 2.45) is 7.05 Å². The third kappa shape index (κ3) is 2.99.